The van der Waals surface area contributed by atoms with Crippen LogP contribution in [-0.4, -0.2) is 23.1 Å². The minimum absolute atomic E-state index is 0.183. The van der Waals surface area contributed by atoms with Gasteiger partial charge in [-0.05, 0) is 29.8 Å². The fourth-order valence-corrected chi connectivity index (χ4v) is 2.47. The number of hydrogen-bond acceptors (Lipinski definition) is 5. The normalized spacial score (nSPS) is 11.9. The molecule has 0 aliphatic heterocycles. The molecule has 0 radical (unpaired) electrons. The van der Waals surface area contributed by atoms with Gasteiger partial charge in [0.2, 0.25) is 0 Å². The highest BCUT2D eigenvalue weighted by molar-refractivity contribution is 7.16. The van der Waals surface area contributed by atoms with Gasteiger partial charge in [-0.3, -0.25) is 0 Å². The van der Waals surface area contributed by atoms with Crippen molar-refractivity contribution in [1.82, 2.24) is 9.97 Å². The summed E-state index contributed by atoms with van der Waals surface area (Å²) < 4.78 is 0. The molecule has 0 unspecified atom stereocenters. The van der Waals surface area contributed by atoms with E-state index < -0.39 is 0 Å². The van der Waals surface area contributed by atoms with Crippen molar-refractivity contribution in [2.45, 2.75) is 20.3 Å². The number of hydrogen-bond donors (Lipinski definition) is 2. The molecule has 92 valence electrons. The molecule has 2 heterocycles. The molecular formula is C12H18N4S. The highest BCUT2D eigenvalue weighted by atomic mass is 32.1. The molecule has 0 aliphatic carbocycles. The zero-order valence-corrected chi connectivity index (χ0v) is 11.0. The van der Waals surface area contributed by atoms with Crippen molar-refractivity contribution in [3.63, 3.8) is 0 Å². The number of nitrogens with two attached hydrogens (primary N) is 1. The monoisotopic (exact) mass is 250 g/mol. The summed E-state index contributed by atoms with van der Waals surface area (Å²) >= 11 is 1.63. The highest BCUT2D eigenvalue weighted by Crippen LogP contribution is 2.26. The number of thiophene rings is 1. The second kappa shape index (κ2) is 4.98. The predicted octanol–water partition coefficient (Wildman–Crippen LogP) is 2.48. The topological polar surface area (TPSA) is 63.8 Å². The standard InChI is InChI=1S/C12H18N4S/c1-12(2,4-5-13)7-14-10-9-3-6-17-11(9)16-8-15-10/h3,6,8H,4-5,7,13H2,1-2H3,(H,14,15,16). The Morgan fingerprint density at radius 1 is 1.41 bits per heavy atom. The lowest BCUT2D eigenvalue weighted by Crippen LogP contribution is -2.26. The van der Waals surface area contributed by atoms with Crippen molar-refractivity contribution in [1.29, 1.82) is 0 Å². The first-order chi connectivity index (χ1) is 8.12. The second-order valence-corrected chi connectivity index (χ2v) is 5.81. The zero-order valence-electron chi connectivity index (χ0n) is 10.2. The smallest absolute Gasteiger partial charge is 0.138 e. The Balaban J connectivity index is 2.11. The van der Waals surface area contributed by atoms with Crippen LogP contribution in [0.3, 0.4) is 0 Å². The molecule has 0 atom stereocenters. The van der Waals surface area contributed by atoms with Gasteiger partial charge in [-0.15, -0.1) is 11.3 Å². The van der Waals surface area contributed by atoms with E-state index in [2.05, 4.69) is 35.2 Å². The van der Waals surface area contributed by atoms with E-state index in [-0.39, 0.29) is 5.41 Å². The molecule has 0 saturated heterocycles. The molecule has 2 rings (SSSR count). The van der Waals surface area contributed by atoms with Crippen molar-refractivity contribution in [3.8, 4) is 0 Å². The van der Waals surface area contributed by atoms with Crippen molar-refractivity contribution in [3.05, 3.63) is 17.8 Å². The minimum Gasteiger partial charge on any atom is -0.369 e. The summed E-state index contributed by atoms with van der Waals surface area (Å²) in [5.74, 6) is 0.918. The molecule has 0 bridgehead atoms. The summed E-state index contributed by atoms with van der Waals surface area (Å²) in [5.41, 5.74) is 5.79. The van der Waals surface area contributed by atoms with Crippen LogP contribution in [0.15, 0.2) is 17.8 Å². The Morgan fingerprint density at radius 2 is 2.24 bits per heavy atom. The number of fused-ring (bicyclic) bond motifs is 1. The maximum atomic E-state index is 5.61. The number of anilines is 1. The molecule has 2 aromatic rings. The second-order valence-electron chi connectivity index (χ2n) is 4.92. The average molecular weight is 250 g/mol. The first-order valence-corrected chi connectivity index (χ1v) is 6.62. The van der Waals surface area contributed by atoms with E-state index in [0.29, 0.717) is 6.54 Å². The molecule has 0 aromatic carbocycles. The molecule has 4 nitrogen and oxygen atoms in total. The van der Waals surface area contributed by atoms with Crippen molar-refractivity contribution >= 4 is 27.4 Å². The van der Waals surface area contributed by atoms with Gasteiger partial charge in [-0.25, -0.2) is 9.97 Å². The SMILES string of the molecule is CC(C)(CCN)CNc1ncnc2sccc12. The summed E-state index contributed by atoms with van der Waals surface area (Å²) in [6, 6.07) is 2.05. The average Bonchev–Trinajstić information content (AvgIpc) is 2.74. The van der Waals surface area contributed by atoms with Gasteiger partial charge in [0.05, 0.1) is 5.39 Å². The summed E-state index contributed by atoms with van der Waals surface area (Å²) in [7, 11) is 0. The largest absolute Gasteiger partial charge is 0.369 e. The van der Waals surface area contributed by atoms with Gasteiger partial charge in [0.25, 0.3) is 0 Å². The fourth-order valence-electron chi connectivity index (χ4n) is 1.73. The van der Waals surface area contributed by atoms with Crippen LogP contribution in [0.1, 0.15) is 20.3 Å². The molecule has 0 amide bonds. The first-order valence-electron chi connectivity index (χ1n) is 5.74. The number of aromatic nitrogens is 2. The lowest BCUT2D eigenvalue weighted by molar-refractivity contribution is 0.365. The Morgan fingerprint density at radius 3 is 3.00 bits per heavy atom. The third-order valence-corrected chi connectivity index (χ3v) is 3.64. The van der Waals surface area contributed by atoms with Crippen LogP contribution in [0.2, 0.25) is 0 Å². The number of nitrogens with zero attached hydrogens (tertiary/aromatic N) is 2. The summed E-state index contributed by atoms with van der Waals surface area (Å²) in [6.45, 7) is 6.00. The maximum absolute atomic E-state index is 5.61. The van der Waals surface area contributed by atoms with Gasteiger partial charge in [0.1, 0.15) is 17.0 Å². The van der Waals surface area contributed by atoms with E-state index in [1.165, 1.54) is 0 Å². The third kappa shape index (κ3) is 2.92. The summed E-state index contributed by atoms with van der Waals surface area (Å²) in [6.07, 6.45) is 2.61. The Labute approximate surface area is 105 Å². The van der Waals surface area contributed by atoms with Crippen LogP contribution in [0.5, 0.6) is 0 Å². The Hall–Kier alpha value is -1.20. The molecule has 0 fully saturated rings. The van der Waals surface area contributed by atoms with Gasteiger partial charge >= 0.3 is 0 Å². The van der Waals surface area contributed by atoms with Crippen LogP contribution < -0.4 is 11.1 Å². The van der Waals surface area contributed by atoms with Gasteiger partial charge in [0.15, 0.2) is 0 Å². The van der Waals surface area contributed by atoms with Gasteiger partial charge in [-0.2, -0.15) is 0 Å². The quantitative estimate of drug-likeness (QED) is 0.855. The van der Waals surface area contributed by atoms with Crippen LogP contribution in [0, 0.1) is 5.41 Å². The molecule has 5 heteroatoms. The van der Waals surface area contributed by atoms with E-state index in [9.17, 15) is 0 Å². The van der Waals surface area contributed by atoms with E-state index in [1.807, 2.05) is 5.38 Å². The summed E-state index contributed by atoms with van der Waals surface area (Å²) in [5, 5.41) is 6.53. The van der Waals surface area contributed by atoms with Gasteiger partial charge < -0.3 is 11.1 Å². The lowest BCUT2D eigenvalue weighted by Gasteiger charge is -2.24. The predicted molar refractivity (Wildman–Crippen MR) is 73.4 cm³/mol. The maximum Gasteiger partial charge on any atom is 0.138 e. The Kier molecular flexibility index (Phi) is 3.59. The fraction of sp³-hybridized carbons (Fsp3) is 0.500. The lowest BCUT2D eigenvalue weighted by atomic mass is 9.89. The highest BCUT2D eigenvalue weighted by Gasteiger charge is 2.17. The van der Waals surface area contributed by atoms with Crippen molar-refractivity contribution < 1.29 is 0 Å². The first kappa shape index (κ1) is 12.3. The molecule has 17 heavy (non-hydrogen) atoms. The van der Waals surface area contributed by atoms with Crippen molar-refractivity contribution in [2.24, 2.45) is 11.1 Å². The summed E-state index contributed by atoms with van der Waals surface area (Å²) in [4.78, 5) is 9.55. The number of nitrogens with one attached hydrogen (secondary N) is 1. The molecule has 0 saturated carbocycles. The minimum atomic E-state index is 0.183. The van der Waals surface area contributed by atoms with Crippen LogP contribution in [-0.2, 0) is 0 Å². The Bertz CT molecular complexity index is 492. The van der Waals surface area contributed by atoms with E-state index >= 15 is 0 Å². The van der Waals surface area contributed by atoms with E-state index in [1.54, 1.807) is 17.7 Å². The molecule has 2 aromatic heterocycles. The van der Waals surface area contributed by atoms with Gasteiger partial charge in [0, 0.05) is 6.54 Å². The molecule has 0 aliphatic rings. The molecular weight excluding hydrogens is 232 g/mol. The molecule has 0 spiro atoms. The van der Waals surface area contributed by atoms with Gasteiger partial charge in [-0.1, -0.05) is 13.8 Å². The van der Waals surface area contributed by atoms with E-state index in [0.717, 1.165) is 29.0 Å². The van der Waals surface area contributed by atoms with Crippen molar-refractivity contribution in [2.75, 3.05) is 18.4 Å². The van der Waals surface area contributed by atoms with Crippen LogP contribution >= 0.6 is 11.3 Å². The van der Waals surface area contributed by atoms with E-state index in [4.69, 9.17) is 5.73 Å². The third-order valence-electron chi connectivity index (χ3n) is 2.82. The number of rotatable bonds is 5. The molecule has 3 N–H and O–H groups in total. The van der Waals surface area contributed by atoms with Crippen LogP contribution in [0.4, 0.5) is 5.82 Å². The van der Waals surface area contributed by atoms with Crippen LogP contribution in [0.25, 0.3) is 10.2 Å². The zero-order chi connectivity index (χ0) is 12.3.